The first-order valence-corrected chi connectivity index (χ1v) is 8.05. The molecule has 120 valence electrons. The van der Waals surface area contributed by atoms with Gasteiger partial charge in [-0.2, -0.15) is 0 Å². The first-order valence-electron chi connectivity index (χ1n) is 8.05. The molecular weight excluding hydrogens is 274 g/mol. The normalized spacial score (nSPS) is 12.1. The lowest BCUT2D eigenvalue weighted by Crippen LogP contribution is -2.43. The molecule has 1 aromatic carbocycles. The standard InChI is InChI=1S/C19H27NO2/c1-7-19(5,6)20-18(21)9-14-11-22-17-8-13(4)15(12(2)3)10-16(14)17/h8,10-12H,7,9H2,1-6H3,(H,20,21). The number of hydrogen-bond donors (Lipinski definition) is 1. The molecule has 0 aliphatic heterocycles. The van der Waals surface area contributed by atoms with Gasteiger partial charge in [-0.05, 0) is 56.4 Å². The lowest BCUT2D eigenvalue weighted by atomic mass is 9.95. The number of benzene rings is 1. The first kappa shape index (κ1) is 16.6. The first-order chi connectivity index (χ1) is 10.2. The zero-order valence-electron chi connectivity index (χ0n) is 14.5. The van der Waals surface area contributed by atoms with Gasteiger partial charge in [-0.1, -0.05) is 20.8 Å². The molecule has 2 aromatic rings. The molecular formula is C19H27NO2. The molecule has 1 aromatic heterocycles. The maximum atomic E-state index is 12.3. The summed E-state index contributed by atoms with van der Waals surface area (Å²) in [6.07, 6.45) is 2.98. The fraction of sp³-hybridized carbons (Fsp3) is 0.526. The van der Waals surface area contributed by atoms with E-state index in [9.17, 15) is 4.79 Å². The van der Waals surface area contributed by atoms with E-state index in [1.54, 1.807) is 6.26 Å². The number of carbonyl (C=O) groups is 1. The van der Waals surface area contributed by atoms with Crippen molar-refractivity contribution in [1.29, 1.82) is 0 Å². The molecule has 0 bridgehead atoms. The van der Waals surface area contributed by atoms with Crippen molar-refractivity contribution in [2.24, 2.45) is 0 Å². The van der Waals surface area contributed by atoms with Gasteiger partial charge >= 0.3 is 0 Å². The zero-order chi connectivity index (χ0) is 16.5. The van der Waals surface area contributed by atoms with Crippen molar-refractivity contribution in [2.45, 2.75) is 65.8 Å². The maximum absolute atomic E-state index is 12.3. The van der Waals surface area contributed by atoms with Crippen LogP contribution in [0.3, 0.4) is 0 Å². The van der Waals surface area contributed by atoms with Gasteiger partial charge in [0, 0.05) is 16.5 Å². The second-order valence-electron chi connectivity index (χ2n) is 7.08. The molecule has 0 saturated carbocycles. The highest BCUT2D eigenvalue weighted by atomic mass is 16.3. The Hall–Kier alpha value is -1.77. The second kappa shape index (κ2) is 6.15. The van der Waals surface area contributed by atoms with Crippen LogP contribution in [-0.2, 0) is 11.2 Å². The van der Waals surface area contributed by atoms with Gasteiger partial charge in [-0.3, -0.25) is 4.79 Å². The summed E-state index contributed by atoms with van der Waals surface area (Å²) in [6.45, 7) is 12.6. The van der Waals surface area contributed by atoms with E-state index in [1.807, 2.05) is 13.8 Å². The Morgan fingerprint density at radius 2 is 2.00 bits per heavy atom. The van der Waals surface area contributed by atoms with E-state index >= 15 is 0 Å². The number of hydrogen-bond acceptors (Lipinski definition) is 2. The quantitative estimate of drug-likeness (QED) is 0.869. The van der Waals surface area contributed by atoms with Crippen molar-refractivity contribution in [3.8, 4) is 0 Å². The molecule has 0 unspecified atom stereocenters. The van der Waals surface area contributed by atoms with Crippen molar-refractivity contribution in [1.82, 2.24) is 5.32 Å². The zero-order valence-corrected chi connectivity index (χ0v) is 14.5. The number of nitrogens with one attached hydrogen (secondary N) is 1. The van der Waals surface area contributed by atoms with Crippen LogP contribution in [0, 0.1) is 6.92 Å². The van der Waals surface area contributed by atoms with Crippen molar-refractivity contribution in [3.63, 3.8) is 0 Å². The number of aryl methyl sites for hydroxylation is 1. The fourth-order valence-corrected chi connectivity index (χ4v) is 2.69. The summed E-state index contributed by atoms with van der Waals surface area (Å²) in [7, 11) is 0. The molecule has 1 N–H and O–H groups in total. The molecule has 0 aliphatic rings. The average molecular weight is 301 g/mol. The smallest absolute Gasteiger partial charge is 0.224 e. The summed E-state index contributed by atoms with van der Waals surface area (Å²) in [6, 6.07) is 4.24. The van der Waals surface area contributed by atoms with Gasteiger partial charge in [0.25, 0.3) is 0 Å². The summed E-state index contributed by atoms with van der Waals surface area (Å²) in [4.78, 5) is 12.3. The Morgan fingerprint density at radius 1 is 1.32 bits per heavy atom. The van der Waals surface area contributed by atoms with Crippen molar-refractivity contribution in [2.75, 3.05) is 0 Å². The van der Waals surface area contributed by atoms with Crippen LogP contribution < -0.4 is 5.32 Å². The monoisotopic (exact) mass is 301 g/mol. The van der Waals surface area contributed by atoms with E-state index in [4.69, 9.17) is 4.42 Å². The molecule has 3 heteroatoms. The molecule has 22 heavy (non-hydrogen) atoms. The SMILES string of the molecule is CCC(C)(C)NC(=O)Cc1coc2cc(C)c(C(C)C)cc12. The van der Waals surface area contributed by atoms with Gasteiger partial charge in [0.1, 0.15) is 5.58 Å². The molecule has 0 fully saturated rings. The third kappa shape index (κ3) is 3.52. The molecule has 0 aliphatic carbocycles. The Kier molecular flexibility index (Phi) is 4.64. The van der Waals surface area contributed by atoms with Gasteiger partial charge in [-0.15, -0.1) is 0 Å². The summed E-state index contributed by atoms with van der Waals surface area (Å²) in [5, 5.41) is 4.13. The van der Waals surface area contributed by atoms with Gasteiger partial charge in [0.2, 0.25) is 5.91 Å². The highest BCUT2D eigenvalue weighted by Crippen LogP contribution is 2.29. The summed E-state index contributed by atoms with van der Waals surface area (Å²) in [5.41, 5.74) is 4.20. The molecule has 1 heterocycles. The highest BCUT2D eigenvalue weighted by Gasteiger charge is 2.19. The molecule has 0 atom stereocenters. The fourth-order valence-electron chi connectivity index (χ4n) is 2.69. The van der Waals surface area contributed by atoms with Crippen LogP contribution in [0.2, 0.25) is 0 Å². The van der Waals surface area contributed by atoms with Crippen molar-refractivity contribution in [3.05, 3.63) is 35.1 Å². The van der Waals surface area contributed by atoms with Crippen molar-refractivity contribution >= 4 is 16.9 Å². The van der Waals surface area contributed by atoms with Crippen LogP contribution in [0.4, 0.5) is 0 Å². The number of amides is 1. The number of carbonyl (C=O) groups excluding carboxylic acids is 1. The van der Waals surface area contributed by atoms with Crippen LogP contribution in [-0.4, -0.2) is 11.4 Å². The van der Waals surface area contributed by atoms with Crippen LogP contribution in [0.15, 0.2) is 22.8 Å². The molecule has 2 rings (SSSR count). The molecule has 0 radical (unpaired) electrons. The van der Waals surface area contributed by atoms with Gasteiger partial charge in [0.15, 0.2) is 0 Å². The highest BCUT2D eigenvalue weighted by molar-refractivity contribution is 5.88. The third-order valence-electron chi connectivity index (χ3n) is 4.38. The Balaban J connectivity index is 2.29. The number of fused-ring (bicyclic) bond motifs is 1. The summed E-state index contributed by atoms with van der Waals surface area (Å²) >= 11 is 0. The van der Waals surface area contributed by atoms with E-state index in [1.165, 1.54) is 11.1 Å². The molecule has 0 saturated heterocycles. The summed E-state index contributed by atoms with van der Waals surface area (Å²) in [5.74, 6) is 0.501. The third-order valence-corrected chi connectivity index (χ3v) is 4.38. The van der Waals surface area contributed by atoms with Gasteiger partial charge < -0.3 is 9.73 Å². The van der Waals surface area contributed by atoms with E-state index < -0.39 is 0 Å². The lowest BCUT2D eigenvalue weighted by molar-refractivity contribution is -0.122. The molecule has 3 nitrogen and oxygen atoms in total. The Labute approximate surface area is 133 Å². The minimum Gasteiger partial charge on any atom is -0.464 e. The van der Waals surface area contributed by atoms with Crippen LogP contribution in [0.25, 0.3) is 11.0 Å². The van der Waals surface area contributed by atoms with E-state index in [-0.39, 0.29) is 11.4 Å². The van der Waals surface area contributed by atoms with Crippen LogP contribution in [0.1, 0.15) is 63.6 Å². The van der Waals surface area contributed by atoms with Crippen LogP contribution in [0.5, 0.6) is 0 Å². The van der Waals surface area contributed by atoms with Gasteiger partial charge in [-0.25, -0.2) is 0 Å². The second-order valence-corrected chi connectivity index (χ2v) is 7.08. The predicted octanol–water partition coefficient (Wildman–Crippen LogP) is 4.71. The van der Waals surface area contributed by atoms with Crippen LogP contribution >= 0.6 is 0 Å². The Bertz CT molecular complexity index is 680. The number of furan rings is 1. The van der Waals surface area contributed by atoms with E-state index in [2.05, 4.69) is 45.1 Å². The van der Waals surface area contributed by atoms with E-state index in [0.29, 0.717) is 12.3 Å². The predicted molar refractivity (Wildman–Crippen MR) is 91.3 cm³/mol. The van der Waals surface area contributed by atoms with Crippen molar-refractivity contribution < 1.29 is 9.21 Å². The number of rotatable bonds is 5. The lowest BCUT2D eigenvalue weighted by Gasteiger charge is -2.24. The maximum Gasteiger partial charge on any atom is 0.224 e. The average Bonchev–Trinajstić information content (AvgIpc) is 2.79. The van der Waals surface area contributed by atoms with Gasteiger partial charge in [0.05, 0.1) is 12.7 Å². The molecule has 1 amide bonds. The summed E-state index contributed by atoms with van der Waals surface area (Å²) < 4.78 is 5.64. The molecule has 0 spiro atoms. The Morgan fingerprint density at radius 3 is 2.59 bits per heavy atom. The largest absolute Gasteiger partial charge is 0.464 e. The van der Waals surface area contributed by atoms with E-state index in [0.717, 1.165) is 23.0 Å². The topological polar surface area (TPSA) is 42.2 Å². The minimum absolute atomic E-state index is 0.0428. The minimum atomic E-state index is -0.170.